The summed E-state index contributed by atoms with van der Waals surface area (Å²) in [4.78, 5) is 25.2. The molecule has 0 aliphatic heterocycles. The molecule has 0 aliphatic carbocycles. The maximum atomic E-state index is 13.2. The number of aryl methyl sites for hydroxylation is 1. The van der Waals surface area contributed by atoms with E-state index in [2.05, 4.69) is 15.5 Å². The number of amides is 1. The van der Waals surface area contributed by atoms with Gasteiger partial charge in [-0.1, -0.05) is 41.4 Å². The van der Waals surface area contributed by atoms with E-state index in [-0.39, 0.29) is 17.3 Å². The lowest BCUT2D eigenvalue weighted by atomic mass is 10.1. The minimum Gasteiger partial charge on any atom is -0.323 e. The Balaban J connectivity index is 1.48. The van der Waals surface area contributed by atoms with Crippen LogP contribution in [0.3, 0.4) is 0 Å². The Labute approximate surface area is 185 Å². The number of carbonyl (C=O) groups is 1. The first-order valence-electron chi connectivity index (χ1n) is 9.68. The van der Waals surface area contributed by atoms with E-state index in [0.29, 0.717) is 11.2 Å². The van der Waals surface area contributed by atoms with Crippen molar-refractivity contribution in [1.29, 1.82) is 0 Å². The van der Waals surface area contributed by atoms with Crippen molar-refractivity contribution in [3.63, 3.8) is 0 Å². The fourth-order valence-electron chi connectivity index (χ4n) is 3.42. The van der Waals surface area contributed by atoms with Gasteiger partial charge in [0.25, 0.3) is 0 Å². The van der Waals surface area contributed by atoms with E-state index < -0.39 is 17.4 Å². The van der Waals surface area contributed by atoms with Crippen molar-refractivity contribution in [1.82, 2.24) is 23.8 Å². The van der Waals surface area contributed by atoms with E-state index in [1.54, 1.807) is 16.9 Å². The third kappa shape index (κ3) is 3.52. The van der Waals surface area contributed by atoms with Crippen molar-refractivity contribution in [2.45, 2.75) is 13.5 Å². The lowest BCUT2D eigenvalue weighted by Crippen LogP contribution is -2.28. The summed E-state index contributed by atoms with van der Waals surface area (Å²) in [6.45, 7) is 1.68. The summed E-state index contributed by atoms with van der Waals surface area (Å²) >= 11 is 5.95. The molecule has 160 valence electrons. The van der Waals surface area contributed by atoms with Gasteiger partial charge in [-0.05, 0) is 31.2 Å². The summed E-state index contributed by atoms with van der Waals surface area (Å²) in [6, 6.07) is 13.4. The highest BCUT2D eigenvalue weighted by atomic mass is 35.5. The van der Waals surface area contributed by atoms with Gasteiger partial charge in [0.2, 0.25) is 5.91 Å². The molecular weight excluding hydrogens is 435 g/mol. The highest BCUT2D eigenvalue weighted by Gasteiger charge is 2.16. The molecule has 0 spiro atoms. The molecule has 5 aromatic rings. The molecule has 0 radical (unpaired) electrons. The Kier molecular flexibility index (Phi) is 4.75. The molecule has 3 aromatic heterocycles. The molecule has 2 aromatic carbocycles. The largest absolute Gasteiger partial charge is 0.350 e. The summed E-state index contributed by atoms with van der Waals surface area (Å²) in [5.41, 5.74) is 3.60. The number of fused-ring (bicyclic) bond motifs is 3. The number of anilines is 1. The molecule has 0 aliphatic rings. The molecule has 3 heterocycles. The molecule has 0 atom stereocenters. The Morgan fingerprint density at radius 3 is 2.62 bits per heavy atom. The number of benzene rings is 2. The van der Waals surface area contributed by atoms with Gasteiger partial charge < -0.3 is 5.32 Å². The second-order valence-electron chi connectivity index (χ2n) is 7.33. The number of hydrogen-bond donors (Lipinski definition) is 1. The van der Waals surface area contributed by atoms with Gasteiger partial charge in [0.1, 0.15) is 17.9 Å². The number of halogens is 2. The number of nitrogens with one attached hydrogen (secondary N) is 1. The van der Waals surface area contributed by atoms with Crippen LogP contribution in [0.5, 0.6) is 0 Å². The first kappa shape index (κ1) is 20.0. The van der Waals surface area contributed by atoms with Crippen LogP contribution in [0, 0.1) is 12.7 Å². The van der Waals surface area contributed by atoms with Gasteiger partial charge in [-0.25, -0.2) is 22.8 Å². The predicted molar refractivity (Wildman–Crippen MR) is 118 cm³/mol. The monoisotopic (exact) mass is 450 g/mol. The highest BCUT2D eigenvalue weighted by Crippen LogP contribution is 2.23. The van der Waals surface area contributed by atoms with E-state index in [1.165, 1.54) is 16.5 Å². The van der Waals surface area contributed by atoms with Crippen LogP contribution in [-0.4, -0.2) is 29.7 Å². The molecule has 0 unspecified atom stereocenters. The van der Waals surface area contributed by atoms with Gasteiger partial charge >= 0.3 is 5.69 Å². The summed E-state index contributed by atoms with van der Waals surface area (Å²) < 4.78 is 17.2. The number of aromatic nitrogens is 5. The van der Waals surface area contributed by atoms with Crippen molar-refractivity contribution in [2.75, 3.05) is 5.32 Å². The average Bonchev–Trinajstić information content (AvgIpc) is 3.32. The van der Waals surface area contributed by atoms with E-state index in [9.17, 15) is 14.0 Å². The molecule has 0 saturated heterocycles. The molecule has 10 heteroatoms. The lowest BCUT2D eigenvalue weighted by molar-refractivity contribution is -0.117. The standard InChI is InChI=1S/C22H16ClFN6O2/c1-13-2-4-14(5-3-13)18-11-19-21-27-30(22(32)28(21)8-9-29(19)26-18)12-20(31)25-17-7-6-15(24)10-16(17)23/h2-11H,12H2,1H3,(H,25,31). The topological polar surface area (TPSA) is 85.7 Å². The lowest BCUT2D eigenvalue weighted by Gasteiger charge is -2.06. The maximum Gasteiger partial charge on any atom is 0.350 e. The van der Waals surface area contributed by atoms with Crippen molar-refractivity contribution in [3.8, 4) is 11.3 Å². The van der Waals surface area contributed by atoms with Gasteiger partial charge in [0.15, 0.2) is 5.65 Å². The number of hydrogen-bond acceptors (Lipinski definition) is 4. The highest BCUT2D eigenvalue weighted by molar-refractivity contribution is 6.33. The van der Waals surface area contributed by atoms with Crippen LogP contribution in [0.1, 0.15) is 5.56 Å². The van der Waals surface area contributed by atoms with Crippen molar-refractivity contribution in [3.05, 3.63) is 87.8 Å². The van der Waals surface area contributed by atoms with Gasteiger partial charge in [0.05, 0.1) is 16.4 Å². The summed E-state index contributed by atoms with van der Waals surface area (Å²) in [7, 11) is 0. The fourth-order valence-corrected chi connectivity index (χ4v) is 3.63. The molecule has 32 heavy (non-hydrogen) atoms. The zero-order valence-electron chi connectivity index (χ0n) is 16.8. The summed E-state index contributed by atoms with van der Waals surface area (Å²) in [5.74, 6) is -1.03. The molecule has 1 amide bonds. The van der Waals surface area contributed by atoms with Gasteiger partial charge in [-0.3, -0.25) is 4.79 Å². The Bertz CT molecular complexity index is 1550. The minimum absolute atomic E-state index is 0.0605. The van der Waals surface area contributed by atoms with Crippen LogP contribution in [-0.2, 0) is 11.3 Å². The van der Waals surface area contributed by atoms with Crippen LogP contribution in [0.25, 0.3) is 22.4 Å². The van der Waals surface area contributed by atoms with Crippen LogP contribution in [0.2, 0.25) is 5.02 Å². The van der Waals surface area contributed by atoms with Crippen LogP contribution >= 0.6 is 11.6 Å². The summed E-state index contributed by atoms with van der Waals surface area (Å²) in [6.07, 6.45) is 3.21. The molecule has 5 rings (SSSR count). The van der Waals surface area contributed by atoms with Crippen LogP contribution < -0.4 is 11.0 Å². The number of carbonyl (C=O) groups excluding carboxylic acids is 1. The molecule has 0 fully saturated rings. The van der Waals surface area contributed by atoms with Crippen molar-refractivity contribution in [2.24, 2.45) is 0 Å². The molecule has 0 bridgehead atoms. The van der Waals surface area contributed by atoms with Crippen LogP contribution in [0.4, 0.5) is 10.1 Å². The van der Waals surface area contributed by atoms with E-state index in [1.807, 2.05) is 37.3 Å². The summed E-state index contributed by atoms with van der Waals surface area (Å²) in [5, 5.41) is 11.5. The first-order chi connectivity index (χ1) is 15.4. The van der Waals surface area contributed by atoms with Crippen LogP contribution in [0.15, 0.2) is 65.7 Å². The zero-order valence-corrected chi connectivity index (χ0v) is 17.5. The fraction of sp³-hybridized carbons (Fsp3) is 0.0909. The second-order valence-corrected chi connectivity index (χ2v) is 7.74. The van der Waals surface area contributed by atoms with Crippen molar-refractivity contribution >= 4 is 34.4 Å². The normalized spacial score (nSPS) is 11.3. The van der Waals surface area contributed by atoms with Gasteiger partial charge in [0, 0.05) is 18.0 Å². The number of nitrogens with zero attached hydrogens (tertiary/aromatic N) is 5. The molecular formula is C22H16ClFN6O2. The van der Waals surface area contributed by atoms with E-state index >= 15 is 0 Å². The second kappa shape index (κ2) is 7.61. The average molecular weight is 451 g/mol. The van der Waals surface area contributed by atoms with Gasteiger partial charge in [-0.15, -0.1) is 5.10 Å². The Morgan fingerprint density at radius 2 is 1.88 bits per heavy atom. The zero-order chi connectivity index (χ0) is 22.4. The first-order valence-corrected chi connectivity index (χ1v) is 10.1. The molecule has 0 saturated carbocycles. The van der Waals surface area contributed by atoms with Gasteiger partial charge in [-0.2, -0.15) is 5.10 Å². The van der Waals surface area contributed by atoms with Crippen molar-refractivity contribution < 1.29 is 9.18 Å². The van der Waals surface area contributed by atoms with E-state index in [0.717, 1.165) is 27.6 Å². The Morgan fingerprint density at radius 1 is 1.09 bits per heavy atom. The van der Waals surface area contributed by atoms with E-state index in [4.69, 9.17) is 11.6 Å². The minimum atomic E-state index is -0.520. The SMILES string of the molecule is Cc1ccc(-c2cc3c4nn(CC(=O)Nc5ccc(F)cc5Cl)c(=O)n4ccn3n2)cc1. The third-order valence-corrected chi connectivity index (χ3v) is 5.35. The predicted octanol–water partition coefficient (Wildman–Crippen LogP) is 3.55. The smallest absolute Gasteiger partial charge is 0.323 e. The molecule has 1 N–H and O–H groups in total. The maximum absolute atomic E-state index is 13.2. The Hall–Kier alpha value is -3.98. The third-order valence-electron chi connectivity index (χ3n) is 5.04. The number of rotatable bonds is 4. The quantitative estimate of drug-likeness (QED) is 0.453. The molecule has 8 nitrogen and oxygen atoms in total.